The van der Waals surface area contributed by atoms with Gasteiger partial charge in [-0.3, -0.25) is 4.79 Å². The zero-order chi connectivity index (χ0) is 15.7. The predicted molar refractivity (Wildman–Crippen MR) is 79.1 cm³/mol. The molecule has 120 valence electrons. The van der Waals surface area contributed by atoms with E-state index in [4.69, 9.17) is 4.74 Å². The molecule has 2 fully saturated rings. The molecule has 1 amide bonds. The van der Waals surface area contributed by atoms with Gasteiger partial charge in [0.15, 0.2) is 0 Å². The van der Waals surface area contributed by atoms with E-state index >= 15 is 0 Å². The lowest BCUT2D eigenvalue weighted by Crippen LogP contribution is -2.62. The Morgan fingerprint density at radius 3 is 2.05 bits per heavy atom. The van der Waals surface area contributed by atoms with Crippen LogP contribution in [0.5, 0.6) is 0 Å². The van der Waals surface area contributed by atoms with Gasteiger partial charge in [0, 0.05) is 11.0 Å². The number of nitrogens with one attached hydrogen (secondary N) is 1. The van der Waals surface area contributed by atoms with Crippen molar-refractivity contribution in [3.05, 3.63) is 0 Å². The molecule has 2 rings (SSSR count). The van der Waals surface area contributed by atoms with Crippen molar-refractivity contribution >= 4 is 12.1 Å². The van der Waals surface area contributed by atoms with Gasteiger partial charge in [-0.05, 0) is 46.5 Å². The Morgan fingerprint density at radius 1 is 1.10 bits per heavy atom. The van der Waals surface area contributed by atoms with Crippen molar-refractivity contribution in [3.8, 4) is 0 Å². The minimum atomic E-state index is -0.771. The van der Waals surface area contributed by atoms with Gasteiger partial charge < -0.3 is 15.2 Å². The normalized spacial score (nSPS) is 23.2. The van der Waals surface area contributed by atoms with Crippen molar-refractivity contribution < 1.29 is 19.4 Å². The lowest BCUT2D eigenvalue weighted by atomic mass is 9.54. The number of ether oxygens (including phenoxy) is 1. The third kappa shape index (κ3) is 3.33. The Kier molecular flexibility index (Phi) is 4.22. The van der Waals surface area contributed by atoms with Gasteiger partial charge in [0.1, 0.15) is 5.60 Å². The van der Waals surface area contributed by atoms with Crippen LogP contribution < -0.4 is 5.32 Å². The summed E-state index contributed by atoms with van der Waals surface area (Å²) in [6, 6.07) is 0. The average Bonchev–Trinajstić information content (AvgIpc) is 2.69. The van der Waals surface area contributed by atoms with E-state index in [0.717, 1.165) is 44.9 Å². The maximum atomic E-state index is 12.2. The molecule has 0 aromatic carbocycles. The molecule has 0 spiro atoms. The van der Waals surface area contributed by atoms with Crippen molar-refractivity contribution in [1.29, 1.82) is 0 Å². The van der Waals surface area contributed by atoms with Crippen LogP contribution in [0.1, 0.15) is 72.1 Å². The molecule has 0 saturated heterocycles. The molecular weight excluding hydrogens is 270 g/mol. The lowest BCUT2D eigenvalue weighted by Gasteiger charge is -2.54. The number of carboxylic acid groups (broad SMARTS) is 1. The van der Waals surface area contributed by atoms with Crippen molar-refractivity contribution in [2.45, 2.75) is 83.3 Å². The third-order valence-corrected chi connectivity index (χ3v) is 5.01. The van der Waals surface area contributed by atoms with Crippen LogP contribution in [0, 0.1) is 5.41 Å². The van der Waals surface area contributed by atoms with E-state index < -0.39 is 23.2 Å². The van der Waals surface area contributed by atoms with Crippen molar-refractivity contribution in [1.82, 2.24) is 5.32 Å². The Bertz CT molecular complexity index is 414. The Labute approximate surface area is 126 Å². The lowest BCUT2D eigenvalue weighted by molar-refractivity contribution is -0.144. The van der Waals surface area contributed by atoms with Crippen LogP contribution in [0.25, 0.3) is 0 Å². The van der Waals surface area contributed by atoms with Crippen LogP contribution >= 0.6 is 0 Å². The number of carboxylic acids is 1. The van der Waals surface area contributed by atoms with Gasteiger partial charge in [0.2, 0.25) is 0 Å². The highest BCUT2D eigenvalue weighted by Gasteiger charge is 2.57. The first kappa shape index (κ1) is 16.1. The second kappa shape index (κ2) is 5.50. The van der Waals surface area contributed by atoms with Crippen LogP contribution in [0.4, 0.5) is 4.79 Å². The first-order valence-corrected chi connectivity index (χ1v) is 7.91. The fraction of sp³-hybridized carbons (Fsp3) is 0.875. The van der Waals surface area contributed by atoms with Crippen LogP contribution in [0.2, 0.25) is 0 Å². The van der Waals surface area contributed by atoms with E-state index in [0.29, 0.717) is 0 Å². The summed E-state index contributed by atoms with van der Waals surface area (Å²) in [5.74, 6) is -0.771. The molecule has 5 nitrogen and oxygen atoms in total. The number of amides is 1. The molecule has 2 saturated carbocycles. The number of carbonyl (C=O) groups is 2. The summed E-state index contributed by atoms with van der Waals surface area (Å²) in [6.07, 6.45) is 6.34. The van der Waals surface area contributed by atoms with E-state index in [9.17, 15) is 14.7 Å². The maximum Gasteiger partial charge on any atom is 0.408 e. The van der Waals surface area contributed by atoms with Gasteiger partial charge in [-0.2, -0.15) is 0 Å². The number of rotatable bonds is 4. The molecule has 2 N–H and O–H groups in total. The first-order valence-electron chi connectivity index (χ1n) is 7.91. The van der Waals surface area contributed by atoms with Crippen LogP contribution in [-0.2, 0) is 9.53 Å². The largest absolute Gasteiger partial charge is 0.481 e. The van der Waals surface area contributed by atoms with Crippen LogP contribution in [0.15, 0.2) is 0 Å². The standard InChI is InChI=1S/C16H27NO4/c1-14(2,3)21-13(20)17-16(9-4-5-10-16)15(7-6-8-15)11-12(18)19/h4-11H2,1-3H3,(H,17,20)(H,18,19). The second-order valence-electron chi connectivity index (χ2n) is 7.62. The monoisotopic (exact) mass is 297 g/mol. The molecule has 0 aromatic rings. The van der Waals surface area contributed by atoms with Crippen molar-refractivity contribution in [2.24, 2.45) is 5.41 Å². The second-order valence-corrected chi connectivity index (χ2v) is 7.62. The third-order valence-electron chi connectivity index (χ3n) is 5.01. The minimum absolute atomic E-state index is 0.142. The Morgan fingerprint density at radius 2 is 1.67 bits per heavy atom. The van der Waals surface area contributed by atoms with Crippen LogP contribution in [-0.4, -0.2) is 28.3 Å². The highest BCUT2D eigenvalue weighted by atomic mass is 16.6. The van der Waals surface area contributed by atoms with E-state index in [1.54, 1.807) is 0 Å². The summed E-state index contributed by atoms with van der Waals surface area (Å²) in [7, 11) is 0. The summed E-state index contributed by atoms with van der Waals surface area (Å²) >= 11 is 0. The van der Waals surface area contributed by atoms with E-state index in [1.165, 1.54) is 0 Å². The maximum absolute atomic E-state index is 12.2. The number of alkyl carbamates (subject to hydrolysis) is 1. The Hall–Kier alpha value is -1.26. The highest BCUT2D eigenvalue weighted by molar-refractivity contribution is 5.71. The molecule has 2 aliphatic rings. The number of hydrogen-bond acceptors (Lipinski definition) is 3. The van der Waals surface area contributed by atoms with Gasteiger partial charge in [-0.15, -0.1) is 0 Å². The molecular formula is C16H27NO4. The Balaban J connectivity index is 2.16. The smallest absolute Gasteiger partial charge is 0.408 e. The number of carbonyl (C=O) groups excluding carboxylic acids is 1. The topological polar surface area (TPSA) is 75.6 Å². The highest BCUT2D eigenvalue weighted by Crippen LogP contribution is 2.57. The minimum Gasteiger partial charge on any atom is -0.481 e. The summed E-state index contributed by atoms with van der Waals surface area (Å²) in [6.45, 7) is 5.51. The van der Waals surface area contributed by atoms with Crippen molar-refractivity contribution in [2.75, 3.05) is 0 Å². The molecule has 21 heavy (non-hydrogen) atoms. The molecule has 0 atom stereocenters. The zero-order valence-corrected chi connectivity index (χ0v) is 13.3. The van der Waals surface area contributed by atoms with Gasteiger partial charge >= 0.3 is 12.1 Å². The summed E-state index contributed by atoms with van der Waals surface area (Å²) < 4.78 is 5.40. The fourth-order valence-electron chi connectivity index (χ4n) is 3.98. The van der Waals surface area contributed by atoms with E-state index in [2.05, 4.69) is 5.32 Å². The molecule has 2 aliphatic carbocycles. The van der Waals surface area contributed by atoms with Gasteiger partial charge in [0.25, 0.3) is 0 Å². The molecule has 0 aliphatic heterocycles. The molecule has 0 radical (unpaired) electrons. The fourth-order valence-corrected chi connectivity index (χ4v) is 3.98. The molecule has 0 aromatic heterocycles. The van der Waals surface area contributed by atoms with Crippen LogP contribution in [0.3, 0.4) is 0 Å². The average molecular weight is 297 g/mol. The molecule has 0 heterocycles. The van der Waals surface area contributed by atoms with Gasteiger partial charge in [0.05, 0.1) is 6.42 Å². The van der Waals surface area contributed by atoms with E-state index in [-0.39, 0.29) is 11.8 Å². The van der Waals surface area contributed by atoms with Crippen molar-refractivity contribution in [3.63, 3.8) is 0 Å². The summed E-state index contributed by atoms with van der Waals surface area (Å²) in [5.41, 5.74) is -1.22. The quantitative estimate of drug-likeness (QED) is 0.833. The zero-order valence-electron chi connectivity index (χ0n) is 13.3. The molecule has 5 heteroatoms. The summed E-state index contributed by atoms with van der Waals surface area (Å²) in [5, 5.41) is 12.3. The molecule has 0 unspecified atom stereocenters. The van der Waals surface area contributed by atoms with E-state index in [1.807, 2.05) is 20.8 Å². The number of hydrogen-bond donors (Lipinski definition) is 2. The SMILES string of the molecule is CC(C)(C)OC(=O)NC1(C2(CC(=O)O)CCC2)CCCC1. The summed E-state index contributed by atoms with van der Waals surface area (Å²) in [4.78, 5) is 23.5. The predicted octanol–water partition coefficient (Wildman–Crippen LogP) is 3.47. The first-order chi connectivity index (χ1) is 9.68. The number of aliphatic carboxylic acids is 1. The van der Waals surface area contributed by atoms with Gasteiger partial charge in [-0.25, -0.2) is 4.79 Å². The molecule has 0 bridgehead atoms. The van der Waals surface area contributed by atoms with Gasteiger partial charge in [-0.1, -0.05) is 19.3 Å².